The number of amides is 2. The molecule has 1 aromatic heterocycles. The third-order valence-electron chi connectivity index (χ3n) is 5.30. The third-order valence-corrected chi connectivity index (χ3v) is 5.30. The van der Waals surface area contributed by atoms with Crippen molar-refractivity contribution in [3.8, 4) is 17.6 Å². The van der Waals surface area contributed by atoms with Crippen LogP contribution in [-0.4, -0.2) is 56.9 Å². The van der Waals surface area contributed by atoms with E-state index in [-0.39, 0.29) is 18.3 Å². The number of nitrogens with zero attached hydrogens (tertiary/aromatic N) is 3. The van der Waals surface area contributed by atoms with Gasteiger partial charge in [0, 0.05) is 18.5 Å². The summed E-state index contributed by atoms with van der Waals surface area (Å²) in [7, 11) is 0. The molecule has 0 spiro atoms. The molecule has 0 saturated carbocycles. The molecule has 2 aromatic carbocycles. The fourth-order valence-corrected chi connectivity index (χ4v) is 3.62. The van der Waals surface area contributed by atoms with E-state index < -0.39 is 17.6 Å². The summed E-state index contributed by atoms with van der Waals surface area (Å²) in [5.74, 6) is 5.81. The predicted octanol–water partition coefficient (Wildman–Crippen LogP) is 2.06. The van der Waals surface area contributed by atoms with Gasteiger partial charge in [0.25, 0.3) is 11.8 Å². The Hall–Kier alpha value is -4.16. The number of aromatic nitrogens is 3. The van der Waals surface area contributed by atoms with Crippen LogP contribution in [0.5, 0.6) is 5.75 Å². The van der Waals surface area contributed by atoms with E-state index in [4.69, 9.17) is 4.74 Å². The molecule has 1 aliphatic rings. The minimum absolute atomic E-state index is 0.0376. The first-order valence-corrected chi connectivity index (χ1v) is 11.3. The maximum atomic E-state index is 13.3. The van der Waals surface area contributed by atoms with Gasteiger partial charge < -0.3 is 20.1 Å². The molecule has 35 heavy (non-hydrogen) atoms. The van der Waals surface area contributed by atoms with Gasteiger partial charge in [-0.3, -0.25) is 14.7 Å². The maximum Gasteiger partial charge on any atom is 0.291 e. The lowest BCUT2D eigenvalue weighted by molar-refractivity contribution is -0.120. The number of ether oxygens (including phenoxy) is 1. The third kappa shape index (κ3) is 5.86. The molecular weight excluding hydrogens is 446 g/mol. The molecule has 0 saturated heterocycles. The summed E-state index contributed by atoms with van der Waals surface area (Å²) in [6.45, 7) is 5.36. The van der Waals surface area contributed by atoms with Crippen molar-refractivity contribution in [2.45, 2.75) is 38.8 Å². The quantitative estimate of drug-likeness (QED) is 0.488. The van der Waals surface area contributed by atoms with Crippen molar-refractivity contribution in [1.29, 1.82) is 0 Å². The standard InChI is InChI=1S/C26H27N5O4/c1-4-31-20-14-18(12-13-26(2,3)34)10-11-21(20)35-16-19(25(31)33)27-24(32)23-28-22(29-30-23)15-17-8-6-5-7-9-17/h5-11,14,19,34H,4,15-16H2,1-3H3,(H,27,32)(H,28,29,30). The zero-order valence-corrected chi connectivity index (χ0v) is 19.8. The van der Waals surface area contributed by atoms with E-state index >= 15 is 0 Å². The molecule has 1 atom stereocenters. The van der Waals surface area contributed by atoms with Crippen molar-refractivity contribution in [3.05, 3.63) is 71.3 Å². The molecule has 180 valence electrons. The Bertz CT molecular complexity index is 1280. The number of H-pyrrole nitrogens is 1. The number of carbonyl (C=O) groups is 2. The second-order valence-electron chi connectivity index (χ2n) is 8.68. The normalized spacial score (nSPS) is 15.4. The number of anilines is 1. The first kappa shape index (κ1) is 24.0. The van der Waals surface area contributed by atoms with Gasteiger partial charge in [-0.05, 0) is 44.5 Å². The number of hydrogen-bond acceptors (Lipinski definition) is 6. The van der Waals surface area contributed by atoms with Crippen molar-refractivity contribution < 1.29 is 19.4 Å². The molecular formula is C26H27N5O4. The van der Waals surface area contributed by atoms with Crippen LogP contribution < -0.4 is 15.0 Å². The Morgan fingerprint density at radius 2 is 2.06 bits per heavy atom. The largest absolute Gasteiger partial charge is 0.489 e. The van der Waals surface area contributed by atoms with E-state index in [9.17, 15) is 14.7 Å². The number of nitrogens with one attached hydrogen (secondary N) is 2. The summed E-state index contributed by atoms with van der Waals surface area (Å²) >= 11 is 0. The smallest absolute Gasteiger partial charge is 0.291 e. The van der Waals surface area contributed by atoms with Crippen LogP contribution in [0, 0.1) is 11.8 Å². The van der Waals surface area contributed by atoms with E-state index in [0.717, 1.165) is 5.56 Å². The van der Waals surface area contributed by atoms with Crippen molar-refractivity contribution in [2.24, 2.45) is 0 Å². The van der Waals surface area contributed by atoms with Crippen LogP contribution in [0.3, 0.4) is 0 Å². The molecule has 3 N–H and O–H groups in total. The Kier molecular flexibility index (Phi) is 6.85. The van der Waals surface area contributed by atoms with Crippen LogP contribution in [0.4, 0.5) is 5.69 Å². The van der Waals surface area contributed by atoms with Crippen LogP contribution in [0.2, 0.25) is 0 Å². The Morgan fingerprint density at radius 3 is 2.77 bits per heavy atom. The first-order valence-electron chi connectivity index (χ1n) is 11.3. The molecule has 0 radical (unpaired) electrons. The van der Waals surface area contributed by atoms with Gasteiger partial charge in [-0.25, -0.2) is 4.98 Å². The highest BCUT2D eigenvalue weighted by atomic mass is 16.5. The topological polar surface area (TPSA) is 120 Å². The summed E-state index contributed by atoms with van der Waals surface area (Å²) in [4.78, 5) is 31.9. The lowest BCUT2D eigenvalue weighted by Crippen LogP contribution is -2.50. The van der Waals surface area contributed by atoms with E-state index in [1.165, 1.54) is 0 Å². The highest BCUT2D eigenvalue weighted by molar-refractivity contribution is 6.02. The van der Waals surface area contributed by atoms with Crippen molar-refractivity contribution in [3.63, 3.8) is 0 Å². The number of rotatable bonds is 5. The molecule has 0 fully saturated rings. The zero-order valence-electron chi connectivity index (χ0n) is 19.8. The summed E-state index contributed by atoms with van der Waals surface area (Å²) in [5.41, 5.74) is 1.08. The highest BCUT2D eigenvalue weighted by Crippen LogP contribution is 2.32. The van der Waals surface area contributed by atoms with Gasteiger partial charge in [0.1, 0.15) is 29.8 Å². The number of carbonyl (C=O) groups excluding carboxylic acids is 2. The summed E-state index contributed by atoms with van der Waals surface area (Å²) in [6.07, 6.45) is 0.504. The van der Waals surface area contributed by atoms with Gasteiger partial charge in [0.15, 0.2) is 0 Å². The average Bonchev–Trinajstić information content (AvgIpc) is 3.25. The summed E-state index contributed by atoms with van der Waals surface area (Å²) in [5, 5.41) is 19.4. The molecule has 4 rings (SSSR count). The van der Waals surface area contributed by atoms with Crippen molar-refractivity contribution in [2.75, 3.05) is 18.1 Å². The van der Waals surface area contributed by atoms with E-state index in [1.807, 2.05) is 37.3 Å². The van der Waals surface area contributed by atoms with Gasteiger partial charge >= 0.3 is 0 Å². The van der Waals surface area contributed by atoms with E-state index in [0.29, 0.717) is 35.8 Å². The molecule has 9 nitrogen and oxygen atoms in total. The van der Waals surface area contributed by atoms with Crippen LogP contribution >= 0.6 is 0 Å². The minimum atomic E-state index is -1.14. The maximum absolute atomic E-state index is 13.3. The zero-order chi connectivity index (χ0) is 25.0. The van der Waals surface area contributed by atoms with Gasteiger partial charge in [0.05, 0.1) is 5.69 Å². The van der Waals surface area contributed by atoms with E-state index in [2.05, 4.69) is 32.3 Å². The molecule has 2 amide bonds. The SMILES string of the molecule is CCN1C(=O)C(NC(=O)c2n[nH]c(Cc3ccccc3)n2)COc2ccc(C#CC(C)(C)O)cc21. The van der Waals surface area contributed by atoms with Crippen LogP contribution in [-0.2, 0) is 11.2 Å². The Morgan fingerprint density at radius 1 is 1.29 bits per heavy atom. The van der Waals surface area contributed by atoms with Gasteiger partial charge in [-0.1, -0.05) is 42.2 Å². The van der Waals surface area contributed by atoms with E-state index in [1.54, 1.807) is 36.9 Å². The minimum Gasteiger partial charge on any atom is -0.489 e. The summed E-state index contributed by atoms with van der Waals surface area (Å²) in [6, 6.07) is 14.0. The lowest BCUT2D eigenvalue weighted by Gasteiger charge is -2.23. The predicted molar refractivity (Wildman–Crippen MR) is 130 cm³/mol. The Labute approximate surface area is 203 Å². The second-order valence-corrected chi connectivity index (χ2v) is 8.68. The number of hydrogen-bond donors (Lipinski definition) is 3. The summed E-state index contributed by atoms with van der Waals surface area (Å²) < 4.78 is 5.86. The van der Waals surface area contributed by atoms with Crippen LogP contribution in [0.1, 0.15) is 48.3 Å². The second kappa shape index (κ2) is 9.99. The molecule has 0 aliphatic carbocycles. The monoisotopic (exact) mass is 473 g/mol. The highest BCUT2D eigenvalue weighted by Gasteiger charge is 2.33. The number of fused-ring (bicyclic) bond motifs is 1. The van der Waals surface area contributed by atoms with Crippen molar-refractivity contribution >= 4 is 17.5 Å². The molecule has 1 unspecified atom stereocenters. The van der Waals surface area contributed by atoms with Crippen LogP contribution in [0.15, 0.2) is 48.5 Å². The number of benzene rings is 2. The Balaban J connectivity index is 1.49. The fourth-order valence-electron chi connectivity index (χ4n) is 3.62. The molecule has 2 heterocycles. The molecule has 9 heteroatoms. The lowest BCUT2D eigenvalue weighted by atomic mass is 10.1. The van der Waals surface area contributed by atoms with Crippen LogP contribution in [0.25, 0.3) is 0 Å². The molecule has 0 bridgehead atoms. The first-order chi connectivity index (χ1) is 16.7. The van der Waals surface area contributed by atoms with Gasteiger partial charge in [-0.2, -0.15) is 0 Å². The number of aliphatic hydroxyl groups is 1. The molecule has 3 aromatic rings. The van der Waals surface area contributed by atoms with Gasteiger partial charge in [0.2, 0.25) is 5.82 Å². The number of aromatic amines is 1. The average molecular weight is 474 g/mol. The fraction of sp³-hybridized carbons (Fsp3) is 0.308. The molecule has 1 aliphatic heterocycles. The number of likely N-dealkylation sites (N-methyl/N-ethyl adjacent to an activating group) is 1. The van der Waals surface area contributed by atoms with Crippen molar-refractivity contribution in [1.82, 2.24) is 20.5 Å². The van der Waals surface area contributed by atoms with Gasteiger partial charge in [-0.15, -0.1) is 5.10 Å².